The summed E-state index contributed by atoms with van der Waals surface area (Å²) in [6, 6.07) is 22.5. The molecule has 4 aromatic rings. The maximum Gasteiger partial charge on any atom is 0.339 e. The Balaban J connectivity index is 1.45. The average Bonchev–Trinajstić information content (AvgIpc) is 2.94. The Morgan fingerprint density at radius 1 is 0.865 bits per heavy atom. The molecule has 0 bridgehead atoms. The SMILES string of the molecule is CCCOC(=O)c1ccc(NC(=O)COC(=O)c2cc(-c3ccc(OC)cc3)nc3ccccc23)cc1. The Morgan fingerprint density at radius 2 is 1.59 bits per heavy atom. The van der Waals surface area contributed by atoms with Gasteiger partial charge >= 0.3 is 11.9 Å². The van der Waals surface area contributed by atoms with Crippen molar-refractivity contribution < 1.29 is 28.6 Å². The average molecular weight is 499 g/mol. The number of ether oxygens (including phenoxy) is 3. The lowest BCUT2D eigenvalue weighted by Crippen LogP contribution is -2.21. The number of carbonyl (C=O) groups excluding carboxylic acids is 3. The van der Waals surface area contributed by atoms with Gasteiger partial charge in [0.15, 0.2) is 6.61 Å². The molecule has 0 saturated carbocycles. The van der Waals surface area contributed by atoms with Gasteiger partial charge in [-0.1, -0.05) is 25.1 Å². The molecular formula is C29H26N2O6. The standard InChI is InChI=1S/C29H26N2O6/c1-3-16-36-28(33)20-8-12-21(13-9-20)30-27(32)18-37-29(34)24-17-26(19-10-14-22(35-2)15-11-19)31-25-7-5-4-6-23(24)25/h4-15,17H,3,16,18H2,1-2H3,(H,30,32). The first kappa shape index (κ1) is 25.4. The van der Waals surface area contributed by atoms with Crippen LogP contribution in [0.4, 0.5) is 5.69 Å². The highest BCUT2D eigenvalue weighted by atomic mass is 16.5. The molecule has 8 heteroatoms. The number of nitrogens with one attached hydrogen (secondary N) is 1. The number of anilines is 1. The molecular weight excluding hydrogens is 472 g/mol. The van der Waals surface area contributed by atoms with E-state index in [0.29, 0.717) is 45.8 Å². The summed E-state index contributed by atoms with van der Waals surface area (Å²) in [6.45, 7) is 1.78. The van der Waals surface area contributed by atoms with Crippen molar-refractivity contribution in [2.45, 2.75) is 13.3 Å². The van der Waals surface area contributed by atoms with Crippen LogP contribution in [0.2, 0.25) is 0 Å². The lowest BCUT2D eigenvalue weighted by atomic mass is 10.0. The first-order valence-electron chi connectivity index (χ1n) is 11.8. The van der Waals surface area contributed by atoms with Crippen LogP contribution in [0.3, 0.4) is 0 Å². The van der Waals surface area contributed by atoms with Crippen LogP contribution in [0.1, 0.15) is 34.1 Å². The number of pyridine rings is 1. The van der Waals surface area contributed by atoms with Crippen LogP contribution in [-0.4, -0.2) is 43.2 Å². The van der Waals surface area contributed by atoms with E-state index < -0.39 is 24.5 Å². The third-order valence-corrected chi connectivity index (χ3v) is 5.50. The maximum atomic E-state index is 13.0. The maximum absolute atomic E-state index is 13.0. The van der Waals surface area contributed by atoms with Crippen molar-refractivity contribution in [3.8, 4) is 17.0 Å². The predicted molar refractivity (Wildman–Crippen MR) is 140 cm³/mol. The second-order valence-electron chi connectivity index (χ2n) is 8.14. The number of amides is 1. The van der Waals surface area contributed by atoms with E-state index in [1.54, 1.807) is 43.5 Å². The molecule has 0 aliphatic rings. The predicted octanol–water partition coefficient (Wildman–Crippen LogP) is 5.27. The highest BCUT2D eigenvalue weighted by Crippen LogP contribution is 2.27. The molecule has 0 aliphatic carbocycles. The summed E-state index contributed by atoms with van der Waals surface area (Å²) in [5.74, 6) is -0.866. The minimum absolute atomic E-state index is 0.305. The van der Waals surface area contributed by atoms with Crippen molar-refractivity contribution in [2.75, 3.05) is 25.6 Å². The van der Waals surface area contributed by atoms with Crippen molar-refractivity contribution in [3.63, 3.8) is 0 Å². The van der Waals surface area contributed by atoms with Gasteiger partial charge in [-0.3, -0.25) is 4.79 Å². The van der Waals surface area contributed by atoms with Gasteiger partial charge in [-0.25, -0.2) is 14.6 Å². The molecule has 0 aliphatic heterocycles. The van der Waals surface area contributed by atoms with E-state index in [1.165, 1.54) is 0 Å². The van der Waals surface area contributed by atoms with Gasteiger partial charge in [0.1, 0.15) is 5.75 Å². The molecule has 0 spiro atoms. The first-order valence-corrected chi connectivity index (χ1v) is 11.8. The Kier molecular flexibility index (Phi) is 8.10. The van der Waals surface area contributed by atoms with Gasteiger partial charge in [0.25, 0.3) is 5.91 Å². The van der Waals surface area contributed by atoms with Crippen LogP contribution in [0.15, 0.2) is 78.9 Å². The molecule has 0 fully saturated rings. The second kappa shape index (κ2) is 11.8. The zero-order valence-corrected chi connectivity index (χ0v) is 20.5. The molecule has 0 unspecified atom stereocenters. The summed E-state index contributed by atoms with van der Waals surface area (Å²) in [5, 5.41) is 3.27. The van der Waals surface area contributed by atoms with E-state index in [-0.39, 0.29) is 0 Å². The van der Waals surface area contributed by atoms with Crippen molar-refractivity contribution in [1.29, 1.82) is 0 Å². The van der Waals surface area contributed by atoms with Crippen LogP contribution in [-0.2, 0) is 14.3 Å². The third kappa shape index (κ3) is 6.29. The molecule has 0 saturated heterocycles. The molecule has 1 aromatic heterocycles. The number of aromatic nitrogens is 1. The van der Waals surface area contributed by atoms with Crippen LogP contribution in [0, 0.1) is 0 Å². The number of hydrogen-bond acceptors (Lipinski definition) is 7. The van der Waals surface area contributed by atoms with Crippen molar-refractivity contribution in [2.24, 2.45) is 0 Å². The fraction of sp³-hybridized carbons (Fsp3) is 0.172. The van der Waals surface area contributed by atoms with E-state index in [1.807, 2.05) is 49.4 Å². The Hall–Kier alpha value is -4.72. The van der Waals surface area contributed by atoms with E-state index in [2.05, 4.69) is 10.3 Å². The third-order valence-electron chi connectivity index (χ3n) is 5.50. The number of hydrogen-bond donors (Lipinski definition) is 1. The highest BCUT2D eigenvalue weighted by molar-refractivity contribution is 6.05. The van der Waals surface area contributed by atoms with Crippen molar-refractivity contribution in [3.05, 3.63) is 90.0 Å². The van der Waals surface area contributed by atoms with Crippen molar-refractivity contribution in [1.82, 2.24) is 4.98 Å². The Bertz CT molecular complexity index is 1420. The monoisotopic (exact) mass is 498 g/mol. The van der Waals surface area contributed by atoms with Gasteiger partial charge in [-0.2, -0.15) is 0 Å². The number of para-hydroxylation sites is 1. The first-order chi connectivity index (χ1) is 18.0. The Morgan fingerprint density at radius 3 is 2.30 bits per heavy atom. The fourth-order valence-electron chi connectivity index (χ4n) is 3.63. The summed E-state index contributed by atoms with van der Waals surface area (Å²) in [5.41, 5.74) is 3.18. The van der Waals surface area contributed by atoms with Crippen molar-refractivity contribution >= 4 is 34.4 Å². The van der Waals surface area contributed by atoms with Gasteiger partial charge in [-0.05, 0) is 67.1 Å². The number of methoxy groups -OCH3 is 1. The molecule has 188 valence electrons. The number of carbonyl (C=O) groups is 3. The summed E-state index contributed by atoms with van der Waals surface area (Å²) >= 11 is 0. The largest absolute Gasteiger partial charge is 0.497 e. The lowest BCUT2D eigenvalue weighted by molar-refractivity contribution is -0.119. The van der Waals surface area contributed by atoms with Gasteiger partial charge < -0.3 is 19.5 Å². The molecule has 8 nitrogen and oxygen atoms in total. The van der Waals surface area contributed by atoms with Crippen LogP contribution in [0.5, 0.6) is 5.75 Å². The molecule has 0 atom stereocenters. The van der Waals surface area contributed by atoms with E-state index >= 15 is 0 Å². The summed E-state index contributed by atoms with van der Waals surface area (Å²) in [4.78, 5) is 42.0. The number of benzene rings is 3. The molecule has 3 aromatic carbocycles. The second-order valence-corrected chi connectivity index (χ2v) is 8.14. The van der Waals surface area contributed by atoms with Crippen LogP contribution in [0.25, 0.3) is 22.2 Å². The normalized spacial score (nSPS) is 10.5. The molecule has 37 heavy (non-hydrogen) atoms. The van der Waals surface area contributed by atoms with E-state index in [4.69, 9.17) is 14.2 Å². The molecule has 1 N–H and O–H groups in total. The molecule has 1 heterocycles. The summed E-state index contributed by atoms with van der Waals surface area (Å²) < 4.78 is 15.6. The highest BCUT2D eigenvalue weighted by Gasteiger charge is 2.17. The number of nitrogens with zero attached hydrogens (tertiary/aromatic N) is 1. The zero-order chi connectivity index (χ0) is 26.2. The van der Waals surface area contributed by atoms with Gasteiger partial charge in [-0.15, -0.1) is 0 Å². The van der Waals surface area contributed by atoms with Crippen LogP contribution >= 0.6 is 0 Å². The summed E-state index contributed by atoms with van der Waals surface area (Å²) in [7, 11) is 1.59. The van der Waals surface area contributed by atoms with Gasteiger partial charge in [0.05, 0.1) is 36.1 Å². The van der Waals surface area contributed by atoms with Crippen LogP contribution < -0.4 is 10.1 Å². The fourth-order valence-corrected chi connectivity index (χ4v) is 3.63. The lowest BCUT2D eigenvalue weighted by Gasteiger charge is -2.11. The number of esters is 2. The van der Waals surface area contributed by atoms with Gasteiger partial charge in [0, 0.05) is 16.6 Å². The minimum atomic E-state index is -0.641. The number of rotatable bonds is 9. The molecule has 4 rings (SSSR count). The number of fused-ring (bicyclic) bond motifs is 1. The summed E-state index contributed by atoms with van der Waals surface area (Å²) in [6.07, 6.45) is 0.733. The topological polar surface area (TPSA) is 104 Å². The van der Waals surface area contributed by atoms with E-state index in [9.17, 15) is 14.4 Å². The zero-order valence-electron chi connectivity index (χ0n) is 20.5. The Labute approximate surface area is 214 Å². The minimum Gasteiger partial charge on any atom is -0.497 e. The smallest absolute Gasteiger partial charge is 0.339 e. The quantitative estimate of drug-likeness (QED) is 0.313. The van der Waals surface area contributed by atoms with E-state index in [0.717, 1.165) is 12.0 Å². The molecule has 0 radical (unpaired) electrons. The van der Waals surface area contributed by atoms with Gasteiger partial charge in [0.2, 0.25) is 0 Å². The molecule has 1 amide bonds.